The summed E-state index contributed by atoms with van der Waals surface area (Å²) >= 11 is 12.1. The van der Waals surface area contributed by atoms with Gasteiger partial charge in [-0.05, 0) is 135 Å². The van der Waals surface area contributed by atoms with E-state index in [9.17, 15) is 9.59 Å². The van der Waals surface area contributed by atoms with Crippen LogP contribution in [-0.2, 0) is 24.0 Å². The van der Waals surface area contributed by atoms with Gasteiger partial charge in [0.05, 0.1) is 0 Å². The van der Waals surface area contributed by atoms with Crippen LogP contribution in [-0.4, -0.2) is 97.0 Å². The molecule has 3 rings (SSSR count). The van der Waals surface area contributed by atoms with Crippen molar-refractivity contribution in [3.8, 4) is 0 Å². The number of nitrogens with zero attached hydrogens (tertiary/aromatic N) is 2. The van der Waals surface area contributed by atoms with Crippen molar-refractivity contribution in [2.24, 2.45) is 29.6 Å². The third kappa shape index (κ3) is 33.0. The Labute approximate surface area is 341 Å². The van der Waals surface area contributed by atoms with E-state index in [-0.39, 0.29) is 12.3 Å². The Hall–Kier alpha value is 3.34. The fraction of sp³-hybridized carbons (Fsp3) is 0.867. The van der Waals surface area contributed by atoms with Crippen molar-refractivity contribution in [1.29, 1.82) is 0 Å². The molecule has 15 heteroatoms. The average molecular weight is 1280 g/mol. The summed E-state index contributed by atoms with van der Waals surface area (Å²) < 4.78 is 0. The molecule has 3 heterocycles. The molecule has 45 heavy (non-hydrogen) atoms. The van der Waals surface area contributed by atoms with Gasteiger partial charge in [0.15, 0.2) is 0 Å². The van der Waals surface area contributed by atoms with Crippen molar-refractivity contribution >= 4 is 112 Å². The molecule has 8 nitrogen and oxygen atoms in total. The van der Waals surface area contributed by atoms with E-state index in [2.05, 4.69) is 143 Å². The summed E-state index contributed by atoms with van der Waals surface area (Å²) in [7, 11) is 4.85. The van der Waals surface area contributed by atoms with E-state index >= 15 is 0 Å². The summed E-state index contributed by atoms with van der Waals surface area (Å²) in [5.41, 5.74) is 1.01. The summed E-state index contributed by atoms with van der Waals surface area (Å²) in [4.78, 5) is 25.3. The van der Waals surface area contributed by atoms with E-state index in [1.54, 1.807) is 0 Å². The summed E-state index contributed by atoms with van der Waals surface area (Å²) in [6.45, 7) is 13.3. The second-order valence-corrected chi connectivity index (χ2v) is 59.0. The van der Waals surface area contributed by atoms with E-state index < -0.39 is 11.9 Å². The number of allylic oxidation sites excluding steroid dienone is 1. The summed E-state index contributed by atoms with van der Waals surface area (Å²) in [5, 5.41) is 29.3. The molecule has 269 valence electrons. The Kier molecular flexibility index (Phi) is 40.3. The minimum atomic E-state index is -0.823. The number of carboxylic acids is 2. The number of hydrogen-bond acceptors (Lipinski definition) is 6. The van der Waals surface area contributed by atoms with Crippen LogP contribution in [0.25, 0.3) is 0 Å². The van der Waals surface area contributed by atoms with Gasteiger partial charge in [-0.1, -0.05) is 26.8 Å². The van der Waals surface area contributed by atoms with Crippen LogP contribution in [0, 0.1) is 29.6 Å². The Morgan fingerprint density at radius 3 is 1.67 bits per heavy atom. The monoisotopic (exact) mass is 1280 g/mol. The fourth-order valence-electron chi connectivity index (χ4n) is 5.67. The van der Waals surface area contributed by atoms with Crippen molar-refractivity contribution in [3.05, 3.63) is 11.6 Å². The van der Waals surface area contributed by atoms with Gasteiger partial charge in [0.1, 0.15) is 0 Å². The minimum absolute atomic E-state index is 0. The fourth-order valence-corrected chi connectivity index (χ4v) is 5.67. The number of carboxylic acid groups (broad SMARTS) is 2. The number of halogens is 5. The van der Waals surface area contributed by atoms with Crippen molar-refractivity contribution in [2.45, 2.75) is 79.6 Å². The van der Waals surface area contributed by atoms with Crippen LogP contribution in [0.2, 0.25) is 0 Å². The molecule has 0 unspecified atom stereocenters. The number of rotatable bonds is 8. The van der Waals surface area contributed by atoms with Gasteiger partial charge in [0.2, 0.25) is 0 Å². The number of aliphatic carboxylic acids is 2. The molecule has 3 aliphatic rings. The maximum absolute atomic E-state index is 10.5. The summed E-state index contributed by atoms with van der Waals surface area (Å²) in [5.74, 6) is 1.51. The number of hydrogen-bond donors (Lipinski definition) is 4. The zero-order valence-electron chi connectivity index (χ0n) is 26.9. The van der Waals surface area contributed by atoms with E-state index in [0.29, 0.717) is 46.2 Å². The van der Waals surface area contributed by atoms with Crippen LogP contribution < -0.4 is 5.32 Å². The number of carbonyl (C=O) groups is 2. The molecule has 3 saturated heterocycles. The first-order valence-corrected chi connectivity index (χ1v) is 37.7. The van der Waals surface area contributed by atoms with Crippen molar-refractivity contribution in [2.75, 3.05) is 60.0 Å². The molecule has 3 aliphatic heterocycles. The molecular formula is C30H59I5N3O5V2. The molecule has 0 aromatic carbocycles. The molecular weight excluding hydrogens is 1220 g/mol. The molecule has 0 aromatic rings. The standard InChI is InChI=1S/C10H19NO2.C10H17NO2.C9H19NO.CH4.5HI.2V/c2*1-8(7-10(12)13)9-3-5-11(2)6-4-9;1-8(4-7-11)9-2-5-10-6-3-9;;;;;;;;/h8-9H,3-7H2,1-2H3,(H,12,13);7,9H,3-6H2,1-2H3,(H,12,13);8-11H,2-7H2,1H3;1H4;5*1H;;/q;;;;;;;;;+2;+3/p-5/b;8-7+;;;;;;;;;/t8-;;8-;;;;;;;;/m1.1......../s1. The second-order valence-electron chi connectivity index (χ2n) is 11.9. The SMILES string of the molecule is C.C/C(=C\C(=O)O)C1CCN(C)CC1.C[C@H](CC(=O)O)C1CCN(C)CC1.C[C@H](CCO)C1CCNCC1.[I][V]([I])[I].[I][V][I]. The van der Waals surface area contributed by atoms with Gasteiger partial charge >= 0.3 is 126 Å². The van der Waals surface area contributed by atoms with Crippen molar-refractivity contribution in [1.82, 2.24) is 15.1 Å². The number of aliphatic hydroxyl groups is 1. The number of likely N-dealkylation sites (tertiary alicyclic amines) is 2. The molecule has 0 spiro atoms. The van der Waals surface area contributed by atoms with Crippen LogP contribution in [0.3, 0.4) is 0 Å². The van der Waals surface area contributed by atoms with Gasteiger partial charge < -0.3 is 30.4 Å². The van der Waals surface area contributed by atoms with Crippen LogP contribution in [0.1, 0.15) is 79.6 Å². The molecule has 0 bridgehead atoms. The Morgan fingerprint density at radius 1 is 0.889 bits per heavy atom. The van der Waals surface area contributed by atoms with Gasteiger partial charge in [-0.15, -0.1) is 0 Å². The molecule has 0 radical (unpaired) electrons. The number of piperidine rings is 3. The zero-order valence-corrected chi connectivity index (χ0v) is 40.5. The normalized spacial score (nSPS) is 19.8. The first-order valence-electron chi connectivity index (χ1n) is 15.2. The van der Waals surface area contributed by atoms with E-state index in [1.165, 1.54) is 32.0 Å². The number of aliphatic hydroxyl groups excluding tert-OH is 1. The van der Waals surface area contributed by atoms with Gasteiger partial charge in [-0.3, -0.25) is 4.79 Å². The predicted octanol–water partition coefficient (Wildman–Crippen LogP) is 8.86. The molecule has 3 fully saturated rings. The van der Waals surface area contributed by atoms with Gasteiger partial charge in [-0.2, -0.15) is 0 Å². The number of nitrogens with one attached hydrogen (secondary N) is 1. The molecule has 4 N–H and O–H groups in total. The summed E-state index contributed by atoms with van der Waals surface area (Å²) in [6, 6.07) is 0. The zero-order chi connectivity index (χ0) is 34.1. The first-order chi connectivity index (χ1) is 20.7. The van der Waals surface area contributed by atoms with Gasteiger partial charge in [0, 0.05) is 19.1 Å². The second kappa shape index (κ2) is 34.4. The van der Waals surface area contributed by atoms with Gasteiger partial charge in [0.25, 0.3) is 0 Å². The molecule has 0 aliphatic carbocycles. The Bertz CT molecular complexity index is 753. The van der Waals surface area contributed by atoms with Gasteiger partial charge in [-0.25, -0.2) is 4.79 Å². The molecule has 0 aromatic heterocycles. The van der Waals surface area contributed by atoms with Crippen LogP contribution >= 0.6 is 99.9 Å². The molecule has 0 saturated carbocycles. The van der Waals surface area contributed by atoms with Crippen molar-refractivity contribution < 1.29 is 39.3 Å². The van der Waals surface area contributed by atoms with E-state index in [1.807, 2.05) is 6.92 Å². The maximum atomic E-state index is 10.5. The predicted molar refractivity (Wildman–Crippen MR) is 227 cm³/mol. The quantitative estimate of drug-likeness (QED) is 0.141. The molecule has 2 atom stereocenters. The van der Waals surface area contributed by atoms with E-state index in [0.717, 1.165) is 69.8 Å². The third-order valence-electron chi connectivity index (χ3n) is 8.55. The molecule has 0 amide bonds. The topological polar surface area (TPSA) is 113 Å². The van der Waals surface area contributed by atoms with Crippen LogP contribution in [0.4, 0.5) is 0 Å². The Balaban J connectivity index is -0.000000528. The first kappa shape index (κ1) is 52.7. The average Bonchev–Trinajstić information content (AvgIpc) is 2.94. The van der Waals surface area contributed by atoms with Crippen LogP contribution in [0.5, 0.6) is 0 Å². The van der Waals surface area contributed by atoms with E-state index in [4.69, 9.17) is 15.3 Å². The van der Waals surface area contributed by atoms with Crippen molar-refractivity contribution in [3.63, 3.8) is 0 Å². The summed E-state index contributed by atoms with van der Waals surface area (Å²) in [6.07, 6.45) is 9.73. The Morgan fingerprint density at radius 2 is 1.29 bits per heavy atom. The van der Waals surface area contributed by atoms with Crippen LogP contribution in [0.15, 0.2) is 11.6 Å². The third-order valence-corrected chi connectivity index (χ3v) is 8.55.